The van der Waals surface area contributed by atoms with Crippen molar-refractivity contribution in [3.63, 3.8) is 0 Å². The number of carbonyl (C=O) groups is 1. The lowest BCUT2D eigenvalue weighted by Crippen LogP contribution is -2.37. The number of aromatic nitrogens is 5. The van der Waals surface area contributed by atoms with Crippen molar-refractivity contribution in [1.82, 2.24) is 29.4 Å². The van der Waals surface area contributed by atoms with Crippen molar-refractivity contribution in [3.05, 3.63) is 83.7 Å². The third kappa shape index (κ3) is 4.42. The SMILES string of the molecule is CNc1nccn1Cc1cc2c(c(-c3cncnc3)c1)CCN(Cc1cc(OC)c(F)cn1)C2=O. The van der Waals surface area contributed by atoms with Gasteiger partial charge < -0.3 is 19.5 Å². The molecule has 0 bridgehead atoms. The molecule has 1 N–H and O–H groups in total. The number of amides is 1. The molecule has 1 amide bonds. The van der Waals surface area contributed by atoms with Gasteiger partial charge >= 0.3 is 0 Å². The third-order valence-corrected chi connectivity index (χ3v) is 6.07. The Labute approximate surface area is 201 Å². The molecule has 1 aliphatic heterocycles. The van der Waals surface area contributed by atoms with Crippen LogP contribution in [0.4, 0.5) is 10.3 Å². The highest BCUT2D eigenvalue weighted by Gasteiger charge is 2.28. The fourth-order valence-corrected chi connectivity index (χ4v) is 4.41. The number of imidazole rings is 1. The first-order chi connectivity index (χ1) is 17.1. The molecular formula is C25H24FN7O2. The zero-order chi connectivity index (χ0) is 24.4. The van der Waals surface area contributed by atoms with Crippen LogP contribution in [-0.4, -0.2) is 56.0 Å². The first kappa shape index (κ1) is 22.5. The monoisotopic (exact) mass is 473 g/mol. The highest BCUT2D eigenvalue weighted by molar-refractivity contribution is 5.99. The smallest absolute Gasteiger partial charge is 0.254 e. The van der Waals surface area contributed by atoms with E-state index in [-0.39, 0.29) is 18.2 Å². The van der Waals surface area contributed by atoms with Gasteiger partial charge in [0, 0.05) is 55.6 Å². The van der Waals surface area contributed by atoms with Gasteiger partial charge in [-0.05, 0) is 35.2 Å². The van der Waals surface area contributed by atoms with Crippen molar-refractivity contribution < 1.29 is 13.9 Å². The molecule has 0 saturated carbocycles. The van der Waals surface area contributed by atoms with Crippen LogP contribution >= 0.6 is 0 Å². The predicted molar refractivity (Wildman–Crippen MR) is 128 cm³/mol. The van der Waals surface area contributed by atoms with Crippen molar-refractivity contribution in [3.8, 4) is 16.9 Å². The van der Waals surface area contributed by atoms with E-state index in [1.165, 1.54) is 19.5 Å². The van der Waals surface area contributed by atoms with Crippen LogP contribution < -0.4 is 10.1 Å². The molecule has 0 unspecified atom stereocenters. The summed E-state index contributed by atoms with van der Waals surface area (Å²) in [6.07, 6.45) is 10.4. The summed E-state index contributed by atoms with van der Waals surface area (Å²) in [5.74, 6) is 0.202. The summed E-state index contributed by atoms with van der Waals surface area (Å²) < 4.78 is 20.8. The molecule has 5 rings (SSSR count). The van der Waals surface area contributed by atoms with Crippen LogP contribution in [0.5, 0.6) is 5.75 Å². The van der Waals surface area contributed by atoms with Crippen LogP contribution in [0, 0.1) is 5.82 Å². The number of fused-ring (bicyclic) bond motifs is 1. The standard InChI is InChI=1S/C25H24FN7O2/c1-27-25-30-4-6-33(25)13-16-7-20(17-10-28-15-29-11-17)19-3-5-32(24(34)21(19)8-16)14-18-9-23(35-2)22(26)12-31-18/h4,6-12,15H,3,5,13-14H2,1-2H3,(H,27,30). The first-order valence-corrected chi connectivity index (χ1v) is 11.1. The fraction of sp³-hybridized carbons (Fsp3) is 0.240. The number of rotatable bonds is 7. The Bertz CT molecular complexity index is 1370. The molecule has 3 aromatic heterocycles. The first-order valence-electron chi connectivity index (χ1n) is 11.1. The number of pyridine rings is 1. The van der Waals surface area contributed by atoms with Crippen molar-refractivity contribution in [2.45, 2.75) is 19.5 Å². The van der Waals surface area contributed by atoms with Crippen LogP contribution in [0.1, 0.15) is 27.2 Å². The van der Waals surface area contributed by atoms with E-state index in [0.29, 0.717) is 30.8 Å². The molecule has 10 heteroatoms. The Morgan fingerprint density at radius 2 is 1.89 bits per heavy atom. The molecule has 0 aliphatic carbocycles. The van der Waals surface area contributed by atoms with Gasteiger partial charge in [-0.15, -0.1) is 0 Å². The highest BCUT2D eigenvalue weighted by Crippen LogP contribution is 2.32. The number of carbonyl (C=O) groups excluding carboxylic acids is 1. The van der Waals surface area contributed by atoms with Gasteiger partial charge in [0.15, 0.2) is 11.6 Å². The van der Waals surface area contributed by atoms with E-state index in [1.807, 2.05) is 23.9 Å². The molecule has 0 atom stereocenters. The fourth-order valence-electron chi connectivity index (χ4n) is 4.41. The van der Waals surface area contributed by atoms with Gasteiger partial charge in [-0.3, -0.25) is 9.78 Å². The number of hydrogen-bond acceptors (Lipinski definition) is 7. The van der Waals surface area contributed by atoms with E-state index < -0.39 is 5.82 Å². The van der Waals surface area contributed by atoms with Crippen LogP contribution in [0.2, 0.25) is 0 Å². The minimum Gasteiger partial charge on any atom is -0.494 e. The minimum absolute atomic E-state index is 0.101. The average molecular weight is 474 g/mol. The number of halogens is 1. The Morgan fingerprint density at radius 1 is 1.09 bits per heavy atom. The summed E-state index contributed by atoms with van der Waals surface area (Å²) in [6.45, 7) is 1.31. The van der Waals surface area contributed by atoms with Crippen LogP contribution in [0.15, 0.2) is 55.5 Å². The summed E-state index contributed by atoms with van der Waals surface area (Å²) in [5.41, 5.74) is 4.91. The van der Waals surface area contributed by atoms with Gasteiger partial charge in [0.05, 0.1) is 32.1 Å². The lowest BCUT2D eigenvalue weighted by Gasteiger charge is -2.30. The lowest BCUT2D eigenvalue weighted by molar-refractivity contribution is 0.0724. The Morgan fingerprint density at radius 3 is 2.66 bits per heavy atom. The maximum absolute atomic E-state index is 13.8. The van der Waals surface area contributed by atoms with Gasteiger partial charge in [-0.1, -0.05) is 0 Å². The Hall–Kier alpha value is -4.34. The molecule has 0 saturated heterocycles. The maximum Gasteiger partial charge on any atom is 0.254 e. The van der Waals surface area contributed by atoms with Crippen molar-refractivity contribution in [1.29, 1.82) is 0 Å². The van der Waals surface area contributed by atoms with E-state index >= 15 is 0 Å². The largest absolute Gasteiger partial charge is 0.494 e. The highest BCUT2D eigenvalue weighted by atomic mass is 19.1. The number of benzene rings is 1. The van der Waals surface area contributed by atoms with Crippen molar-refractivity contribution >= 4 is 11.9 Å². The van der Waals surface area contributed by atoms with E-state index in [2.05, 4.69) is 31.3 Å². The number of anilines is 1. The normalized spacial score (nSPS) is 13.0. The topological polar surface area (TPSA) is 98.1 Å². The molecule has 0 spiro atoms. The van der Waals surface area contributed by atoms with Gasteiger partial charge in [-0.2, -0.15) is 0 Å². The lowest BCUT2D eigenvalue weighted by atomic mass is 9.89. The summed E-state index contributed by atoms with van der Waals surface area (Å²) in [7, 11) is 3.22. The maximum atomic E-state index is 13.8. The summed E-state index contributed by atoms with van der Waals surface area (Å²) in [5, 5.41) is 3.07. The molecule has 9 nitrogen and oxygen atoms in total. The van der Waals surface area contributed by atoms with Crippen LogP contribution in [0.25, 0.3) is 11.1 Å². The molecule has 4 heterocycles. The summed E-state index contributed by atoms with van der Waals surface area (Å²) in [6, 6.07) is 5.56. The van der Waals surface area contributed by atoms with Crippen LogP contribution in [-0.2, 0) is 19.5 Å². The second-order valence-electron chi connectivity index (χ2n) is 8.21. The predicted octanol–water partition coefficient (Wildman–Crippen LogP) is 3.17. The number of nitrogens with one attached hydrogen (secondary N) is 1. The van der Waals surface area contributed by atoms with Gasteiger partial charge in [-0.25, -0.2) is 19.3 Å². The van der Waals surface area contributed by atoms with E-state index in [4.69, 9.17) is 4.74 Å². The van der Waals surface area contributed by atoms with Gasteiger partial charge in [0.25, 0.3) is 5.91 Å². The molecule has 1 aliphatic rings. The van der Waals surface area contributed by atoms with E-state index in [0.717, 1.165) is 34.4 Å². The Kier molecular flexibility index (Phi) is 6.09. The number of methoxy groups -OCH3 is 1. The van der Waals surface area contributed by atoms with E-state index in [1.54, 1.807) is 23.5 Å². The minimum atomic E-state index is -0.536. The molecule has 178 valence electrons. The van der Waals surface area contributed by atoms with E-state index in [9.17, 15) is 9.18 Å². The number of nitrogens with zero attached hydrogens (tertiary/aromatic N) is 6. The summed E-state index contributed by atoms with van der Waals surface area (Å²) in [4.78, 5) is 32.2. The molecule has 0 radical (unpaired) electrons. The number of hydrogen-bond donors (Lipinski definition) is 1. The molecule has 1 aromatic carbocycles. The second kappa shape index (κ2) is 9.49. The van der Waals surface area contributed by atoms with Gasteiger partial charge in [0.2, 0.25) is 5.95 Å². The molecule has 4 aromatic rings. The zero-order valence-electron chi connectivity index (χ0n) is 19.4. The molecular weight excluding hydrogens is 449 g/mol. The molecule has 0 fully saturated rings. The second-order valence-corrected chi connectivity index (χ2v) is 8.21. The third-order valence-electron chi connectivity index (χ3n) is 6.07. The number of ether oxygens (including phenoxy) is 1. The quantitative estimate of drug-likeness (QED) is 0.440. The van der Waals surface area contributed by atoms with Crippen molar-refractivity contribution in [2.24, 2.45) is 0 Å². The summed E-state index contributed by atoms with van der Waals surface area (Å²) >= 11 is 0. The van der Waals surface area contributed by atoms with Crippen LogP contribution in [0.3, 0.4) is 0 Å². The average Bonchev–Trinajstić information content (AvgIpc) is 3.34. The van der Waals surface area contributed by atoms with Crippen molar-refractivity contribution in [2.75, 3.05) is 26.0 Å². The zero-order valence-corrected chi connectivity index (χ0v) is 19.4. The Balaban J connectivity index is 1.52. The molecule has 35 heavy (non-hydrogen) atoms. The van der Waals surface area contributed by atoms with Gasteiger partial charge in [0.1, 0.15) is 6.33 Å².